The van der Waals surface area contributed by atoms with Crippen LogP contribution in [0.15, 0.2) is 0 Å². The summed E-state index contributed by atoms with van der Waals surface area (Å²) in [4.78, 5) is 11.1. The van der Waals surface area contributed by atoms with Crippen molar-refractivity contribution in [1.82, 2.24) is 5.32 Å². The summed E-state index contributed by atoms with van der Waals surface area (Å²) in [5.41, 5.74) is 3.34. The second-order valence-corrected chi connectivity index (χ2v) is 3.81. The van der Waals surface area contributed by atoms with Gasteiger partial charge in [-0.3, -0.25) is 4.79 Å². The molecule has 1 unspecified atom stereocenters. The van der Waals surface area contributed by atoms with E-state index in [1.54, 1.807) is 6.92 Å². The number of hydrogen-bond donors (Lipinski definition) is 2. The third kappa shape index (κ3) is 2.37. The topological polar surface area (TPSA) is 55.1 Å². The van der Waals surface area contributed by atoms with E-state index in [4.69, 9.17) is 5.73 Å². The van der Waals surface area contributed by atoms with E-state index < -0.39 is 23.7 Å². The van der Waals surface area contributed by atoms with Crippen molar-refractivity contribution >= 4 is 5.91 Å². The lowest BCUT2D eigenvalue weighted by Gasteiger charge is -2.21. The third-order valence-corrected chi connectivity index (χ3v) is 2.18. The number of alkyl halides is 3. The van der Waals surface area contributed by atoms with Crippen LogP contribution in [0.5, 0.6) is 0 Å². The van der Waals surface area contributed by atoms with Gasteiger partial charge in [-0.15, -0.1) is 0 Å². The maximum atomic E-state index is 12.3. The van der Waals surface area contributed by atoms with Crippen molar-refractivity contribution in [2.75, 3.05) is 0 Å². The summed E-state index contributed by atoms with van der Waals surface area (Å²) in [5.74, 6) is -0.630. The van der Waals surface area contributed by atoms with Crippen molar-refractivity contribution in [3.8, 4) is 0 Å². The number of carbonyl (C=O) groups excluding carboxylic acids is 1. The number of halogens is 3. The average molecular weight is 210 g/mol. The molecule has 0 aromatic heterocycles. The molecular formula is C8H13F3N2O. The van der Waals surface area contributed by atoms with E-state index in [1.165, 1.54) is 0 Å². The molecule has 0 aromatic rings. The highest BCUT2D eigenvalue weighted by molar-refractivity contribution is 5.78. The van der Waals surface area contributed by atoms with Gasteiger partial charge >= 0.3 is 6.18 Å². The summed E-state index contributed by atoms with van der Waals surface area (Å²) < 4.78 is 37.0. The van der Waals surface area contributed by atoms with Gasteiger partial charge in [-0.1, -0.05) is 0 Å². The summed E-state index contributed by atoms with van der Waals surface area (Å²) in [6, 6.07) is -0.418. The number of amides is 1. The fourth-order valence-electron chi connectivity index (χ4n) is 1.21. The van der Waals surface area contributed by atoms with E-state index in [-0.39, 0.29) is 19.3 Å². The van der Waals surface area contributed by atoms with Crippen molar-refractivity contribution in [2.24, 2.45) is 5.73 Å². The minimum Gasteiger partial charge on any atom is -0.342 e. The van der Waals surface area contributed by atoms with Gasteiger partial charge in [-0.25, -0.2) is 0 Å². The fraction of sp³-hybridized carbons (Fsp3) is 0.875. The highest BCUT2D eigenvalue weighted by atomic mass is 19.4. The minimum atomic E-state index is -4.35. The third-order valence-electron chi connectivity index (χ3n) is 2.18. The van der Waals surface area contributed by atoms with Crippen LogP contribution >= 0.6 is 0 Å². The highest BCUT2D eigenvalue weighted by Gasteiger charge is 2.64. The molecule has 1 aliphatic rings. The number of rotatable bonds is 3. The molecule has 1 saturated carbocycles. The Morgan fingerprint density at radius 3 is 2.36 bits per heavy atom. The predicted octanol–water partition coefficient (Wildman–Crippen LogP) is 0.935. The minimum absolute atomic E-state index is 0.0266. The Morgan fingerprint density at radius 1 is 1.57 bits per heavy atom. The summed E-state index contributed by atoms with van der Waals surface area (Å²) in [6.07, 6.45) is -4.47. The molecule has 0 spiro atoms. The Kier molecular flexibility index (Phi) is 2.76. The second-order valence-electron chi connectivity index (χ2n) is 3.81. The molecule has 0 saturated heterocycles. The Morgan fingerprint density at radius 2 is 2.07 bits per heavy atom. The molecule has 0 heterocycles. The van der Waals surface area contributed by atoms with Gasteiger partial charge in [0.2, 0.25) is 5.91 Å². The Bertz CT molecular complexity index is 233. The van der Waals surface area contributed by atoms with Crippen LogP contribution in [0.1, 0.15) is 26.2 Å². The van der Waals surface area contributed by atoms with Crippen molar-refractivity contribution < 1.29 is 18.0 Å². The first-order valence-electron chi connectivity index (χ1n) is 4.40. The van der Waals surface area contributed by atoms with Crippen LogP contribution in [-0.4, -0.2) is 23.7 Å². The molecule has 14 heavy (non-hydrogen) atoms. The molecule has 82 valence electrons. The van der Waals surface area contributed by atoms with E-state index >= 15 is 0 Å². The van der Waals surface area contributed by atoms with Gasteiger partial charge in [0, 0.05) is 12.5 Å². The summed E-state index contributed by atoms with van der Waals surface area (Å²) >= 11 is 0. The molecule has 1 fully saturated rings. The van der Waals surface area contributed by atoms with Crippen LogP contribution in [0.2, 0.25) is 0 Å². The number of nitrogens with two attached hydrogens (primary N) is 1. The van der Waals surface area contributed by atoms with Gasteiger partial charge in [0.15, 0.2) is 0 Å². The van der Waals surface area contributed by atoms with Crippen LogP contribution in [0, 0.1) is 0 Å². The van der Waals surface area contributed by atoms with Crippen LogP contribution in [0.3, 0.4) is 0 Å². The number of hydrogen-bond acceptors (Lipinski definition) is 2. The van der Waals surface area contributed by atoms with Crippen LogP contribution in [-0.2, 0) is 4.79 Å². The first kappa shape index (κ1) is 11.3. The van der Waals surface area contributed by atoms with Crippen LogP contribution < -0.4 is 11.1 Å². The normalized spacial score (nSPS) is 21.5. The molecule has 0 aromatic carbocycles. The molecule has 3 nitrogen and oxygen atoms in total. The maximum absolute atomic E-state index is 12.3. The van der Waals surface area contributed by atoms with E-state index in [9.17, 15) is 18.0 Å². The lowest BCUT2D eigenvalue weighted by Crippen LogP contribution is -2.48. The van der Waals surface area contributed by atoms with Gasteiger partial charge in [0.05, 0.1) is 0 Å². The molecular weight excluding hydrogens is 197 g/mol. The molecule has 1 rings (SSSR count). The predicted molar refractivity (Wildman–Crippen MR) is 44.4 cm³/mol. The quantitative estimate of drug-likeness (QED) is 0.728. The molecule has 3 N–H and O–H groups in total. The molecule has 0 radical (unpaired) electrons. The SMILES string of the molecule is CC(N)CC(=O)NC1(C(F)(F)F)CC1. The van der Waals surface area contributed by atoms with Gasteiger partial charge in [0.1, 0.15) is 5.54 Å². The summed E-state index contributed by atoms with van der Waals surface area (Å²) in [5, 5.41) is 1.99. The standard InChI is InChI=1S/C8H13F3N2O/c1-5(12)4-6(14)13-7(2-3-7)8(9,10)11/h5H,2-4,12H2,1H3,(H,13,14). The van der Waals surface area contributed by atoms with Crippen molar-refractivity contribution in [3.05, 3.63) is 0 Å². The average Bonchev–Trinajstić information content (AvgIpc) is 2.64. The molecule has 1 aliphatic carbocycles. The van der Waals surface area contributed by atoms with E-state index in [0.29, 0.717) is 0 Å². The molecule has 6 heteroatoms. The maximum Gasteiger partial charge on any atom is 0.411 e. The Balaban J connectivity index is 2.49. The Labute approximate surface area is 79.8 Å². The number of nitrogens with one attached hydrogen (secondary N) is 1. The molecule has 0 aliphatic heterocycles. The number of carbonyl (C=O) groups is 1. The van der Waals surface area contributed by atoms with E-state index in [2.05, 4.69) is 0 Å². The lowest BCUT2D eigenvalue weighted by atomic mass is 10.2. The lowest BCUT2D eigenvalue weighted by molar-refractivity contribution is -0.170. The zero-order valence-corrected chi connectivity index (χ0v) is 7.82. The largest absolute Gasteiger partial charge is 0.411 e. The molecule has 1 amide bonds. The van der Waals surface area contributed by atoms with Gasteiger partial charge < -0.3 is 11.1 Å². The monoisotopic (exact) mass is 210 g/mol. The smallest absolute Gasteiger partial charge is 0.342 e. The van der Waals surface area contributed by atoms with Gasteiger partial charge in [-0.05, 0) is 19.8 Å². The summed E-state index contributed by atoms with van der Waals surface area (Å²) in [7, 11) is 0. The second kappa shape index (κ2) is 3.42. The molecule has 0 bridgehead atoms. The zero-order valence-electron chi connectivity index (χ0n) is 7.82. The Hall–Kier alpha value is -0.780. The van der Waals surface area contributed by atoms with Gasteiger partial charge in [0.25, 0.3) is 0 Å². The van der Waals surface area contributed by atoms with Gasteiger partial charge in [-0.2, -0.15) is 13.2 Å². The van der Waals surface area contributed by atoms with Crippen LogP contribution in [0.25, 0.3) is 0 Å². The molecule has 1 atom stereocenters. The first-order valence-corrected chi connectivity index (χ1v) is 4.40. The fourth-order valence-corrected chi connectivity index (χ4v) is 1.21. The van der Waals surface area contributed by atoms with E-state index in [0.717, 1.165) is 0 Å². The zero-order chi connectivity index (χ0) is 11.0. The highest BCUT2D eigenvalue weighted by Crippen LogP contribution is 2.48. The van der Waals surface area contributed by atoms with E-state index in [1.807, 2.05) is 5.32 Å². The van der Waals surface area contributed by atoms with Crippen LogP contribution in [0.4, 0.5) is 13.2 Å². The summed E-state index contributed by atoms with van der Waals surface area (Å²) in [6.45, 7) is 1.58. The first-order chi connectivity index (χ1) is 6.27. The van der Waals surface area contributed by atoms with Crippen molar-refractivity contribution in [2.45, 2.75) is 43.9 Å². The van der Waals surface area contributed by atoms with Crippen molar-refractivity contribution in [3.63, 3.8) is 0 Å². The van der Waals surface area contributed by atoms with Crippen molar-refractivity contribution in [1.29, 1.82) is 0 Å².